The van der Waals surface area contributed by atoms with E-state index in [1.54, 1.807) is 16.7 Å². The maximum atomic E-state index is 13.6. The number of benzene rings is 1. The van der Waals surface area contributed by atoms with Crippen molar-refractivity contribution in [2.45, 2.75) is 13.1 Å². The smallest absolute Gasteiger partial charge is 0.173 e. The molecule has 24 heavy (non-hydrogen) atoms. The van der Waals surface area contributed by atoms with E-state index in [-0.39, 0.29) is 5.82 Å². The van der Waals surface area contributed by atoms with E-state index in [4.69, 9.17) is 0 Å². The Kier molecular flexibility index (Phi) is 3.76. The normalized spacial score (nSPS) is 11.2. The molecule has 3 heterocycles. The second kappa shape index (κ2) is 6.21. The molecule has 1 aromatic carbocycles. The van der Waals surface area contributed by atoms with E-state index in [2.05, 4.69) is 31.5 Å². The van der Waals surface area contributed by atoms with Crippen molar-refractivity contribution in [2.75, 3.05) is 0 Å². The van der Waals surface area contributed by atoms with Gasteiger partial charge in [0.15, 0.2) is 17.3 Å². The molecule has 0 fully saturated rings. The fraction of sp³-hybridized carbons (Fsp3) is 0.118. The topological polar surface area (TPSA) is 70.9 Å². The van der Waals surface area contributed by atoms with Gasteiger partial charge in [0.25, 0.3) is 0 Å². The minimum absolute atomic E-state index is 0.316. The first-order valence-corrected chi connectivity index (χ1v) is 7.57. The molecule has 0 aliphatic carbocycles. The van der Waals surface area contributed by atoms with E-state index >= 15 is 0 Å². The van der Waals surface area contributed by atoms with Crippen molar-refractivity contribution in [3.05, 3.63) is 72.2 Å². The van der Waals surface area contributed by atoms with Gasteiger partial charge in [0.05, 0.1) is 5.69 Å². The fourth-order valence-corrected chi connectivity index (χ4v) is 2.62. The van der Waals surface area contributed by atoms with Crippen LogP contribution < -0.4 is 5.32 Å². The third-order valence-electron chi connectivity index (χ3n) is 3.74. The molecule has 4 aromatic rings. The lowest BCUT2D eigenvalue weighted by Crippen LogP contribution is -2.12. The lowest BCUT2D eigenvalue weighted by Gasteiger charge is -2.04. The molecule has 0 aliphatic heterocycles. The summed E-state index contributed by atoms with van der Waals surface area (Å²) in [6.45, 7) is 1.24. The van der Waals surface area contributed by atoms with Gasteiger partial charge < -0.3 is 9.72 Å². The first-order chi connectivity index (χ1) is 11.8. The molecule has 0 saturated carbocycles. The number of nitrogens with one attached hydrogen (secondary N) is 2. The molecule has 0 amide bonds. The molecule has 0 bridgehead atoms. The van der Waals surface area contributed by atoms with Gasteiger partial charge in [-0.2, -0.15) is 5.10 Å². The highest BCUT2D eigenvalue weighted by Crippen LogP contribution is 2.15. The molecule has 0 spiro atoms. The van der Waals surface area contributed by atoms with Crippen LogP contribution in [0.3, 0.4) is 0 Å². The monoisotopic (exact) mass is 322 g/mol. The molecule has 6 nitrogen and oxygen atoms in total. The van der Waals surface area contributed by atoms with E-state index in [0.717, 1.165) is 22.6 Å². The van der Waals surface area contributed by atoms with Crippen LogP contribution in [0.25, 0.3) is 17.0 Å². The van der Waals surface area contributed by atoms with Crippen molar-refractivity contribution in [3.8, 4) is 11.4 Å². The Morgan fingerprint density at radius 1 is 1.17 bits per heavy atom. The quantitative estimate of drug-likeness (QED) is 0.592. The number of hydrogen-bond donors (Lipinski definition) is 2. The highest BCUT2D eigenvalue weighted by Gasteiger charge is 2.06. The maximum absolute atomic E-state index is 13.6. The highest BCUT2D eigenvalue weighted by molar-refractivity contribution is 5.55. The van der Waals surface area contributed by atoms with Gasteiger partial charge in [-0.05, 0) is 23.8 Å². The van der Waals surface area contributed by atoms with Gasteiger partial charge in [-0.1, -0.05) is 18.2 Å². The zero-order valence-corrected chi connectivity index (χ0v) is 12.8. The lowest BCUT2D eigenvalue weighted by atomic mass is 10.1. The maximum Gasteiger partial charge on any atom is 0.173 e. The number of pyridine rings is 1. The summed E-state index contributed by atoms with van der Waals surface area (Å²) in [7, 11) is 0. The van der Waals surface area contributed by atoms with E-state index in [0.29, 0.717) is 18.7 Å². The number of rotatable bonds is 5. The number of fused-ring (bicyclic) bond motifs is 1. The predicted octanol–water partition coefficient (Wildman–Crippen LogP) is 2.55. The Hall–Kier alpha value is -3.06. The number of aromatic amines is 1. The van der Waals surface area contributed by atoms with Gasteiger partial charge in [-0.15, -0.1) is 0 Å². The zero-order chi connectivity index (χ0) is 16.4. The summed E-state index contributed by atoms with van der Waals surface area (Å²) in [4.78, 5) is 8.46. The number of imidazole rings is 1. The number of nitrogens with zero attached hydrogens (tertiary/aromatic N) is 4. The standard InChI is InChI=1S/C17H15FN6/c18-15-5-2-6-24-10-14(22-17(15)24)9-19-8-12-3-1-4-13(7-12)16-20-11-21-23-16/h1-7,10-11,19H,8-9H2,(H,20,21,23). The van der Waals surface area contributed by atoms with Crippen LogP contribution in [0.1, 0.15) is 11.3 Å². The van der Waals surface area contributed by atoms with Crippen LogP contribution in [0.5, 0.6) is 0 Å². The lowest BCUT2D eigenvalue weighted by molar-refractivity contribution is 0.629. The predicted molar refractivity (Wildman–Crippen MR) is 87.5 cm³/mol. The second-order valence-corrected chi connectivity index (χ2v) is 5.46. The third-order valence-corrected chi connectivity index (χ3v) is 3.74. The molecule has 0 saturated heterocycles. The molecule has 3 aromatic heterocycles. The molecular formula is C17H15FN6. The van der Waals surface area contributed by atoms with Gasteiger partial charge >= 0.3 is 0 Å². The summed E-state index contributed by atoms with van der Waals surface area (Å²) in [5.74, 6) is 0.427. The summed E-state index contributed by atoms with van der Waals surface area (Å²) in [5, 5.41) is 10.0. The van der Waals surface area contributed by atoms with Crippen LogP contribution in [0.4, 0.5) is 4.39 Å². The Bertz CT molecular complexity index is 960. The Balaban J connectivity index is 1.43. The SMILES string of the molecule is Fc1cccn2cc(CNCc3cccc(-c4ncn[nH]4)c3)nc12. The minimum Gasteiger partial charge on any atom is -0.307 e. The number of aromatic nitrogens is 5. The van der Waals surface area contributed by atoms with Crippen LogP contribution in [-0.2, 0) is 13.1 Å². The Morgan fingerprint density at radius 3 is 2.96 bits per heavy atom. The molecule has 7 heteroatoms. The molecule has 0 atom stereocenters. The largest absolute Gasteiger partial charge is 0.307 e. The van der Waals surface area contributed by atoms with Crippen LogP contribution in [0.2, 0.25) is 0 Å². The summed E-state index contributed by atoms with van der Waals surface area (Å²) < 4.78 is 15.3. The highest BCUT2D eigenvalue weighted by atomic mass is 19.1. The Labute approximate surface area is 137 Å². The van der Waals surface area contributed by atoms with Crippen molar-refractivity contribution >= 4 is 5.65 Å². The van der Waals surface area contributed by atoms with Crippen molar-refractivity contribution in [1.82, 2.24) is 29.9 Å². The minimum atomic E-state index is -0.316. The van der Waals surface area contributed by atoms with Gasteiger partial charge in [-0.25, -0.2) is 14.4 Å². The van der Waals surface area contributed by atoms with Crippen molar-refractivity contribution < 1.29 is 4.39 Å². The van der Waals surface area contributed by atoms with E-state index < -0.39 is 0 Å². The van der Waals surface area contributed by atoms with Crippen LogP contribution in [0, 0.1) is 5.82 Å². The second-order valence-electron chi connectivity index (χ2n) is 5.46. The number of H-pyrrole nitrogens is 1. The van der Waals surface area contributed by atoms with Gasteiger partial charge in [-0.3, -0.25) is 5.10 Å². The number of halogens is 1. The van der Waals surface area contributed by atoms with Crippen LogP contribution in [-0.4, -0.2) is 24.6 Å². The summed E-state index contributed by atoms with van der Waals surface area (Å²) in [6.07, 6.45) is 5.11. The van der Waals surface area contributed by atoms with Crippen molar-refractivity contribution in [2.24, 2.45) is 0 Å². The Morgan fingerprint density at radius 2 is 2.12 bits per heavy atom. The van der Waals surface area contributed by atoms with Crippen LogP contribution in [0.15, 0.2) is 55.1 Å². The zero-order valence-electron chi connectivity index (χ0n) is 12.8. The fourth-order valence-electron chi connectivity index (χ4n) is 2.62. The molecular weight excluding hydrogens is 307 g/mol. The van der Waals surface area contributed by atoms with E-state index in [1.165, 1.54) is 12.4 Å². The van der Waals surface area contributed by atoms with E-state index in [1.807, 2.05) is 24.4 Å². The van der Waals surface area contributed by atoms with Crippen molar-refractivity contribution in [1.29, 1.82) is 0 Å². The molecule has 0 aliphatic rings. The number of hydrogen-bond acceptors (Lipinski definition) is 4. The van der Waals surface area contributed by atoms with Crippen LogP contribution >= 0.6 is 0 Å². The van der Waals surface area contributed by atoms with Gasteiger partial charge in [0.1, 0.15) is 6.33 Å². The molecule has 2 N–H and O–H groups in total. The average Bonchev–Trinajstić information content (AvgIpc) is 3.25. The van der Waals surface area contributed by atoms with Gasteiger partial charge in [0, 0.05) is 31.0 Å². The molecule has 4 rings (SSSR count). The first kappa shape index (κ1) is 14.5. The molecule has 0 unspecified atom stereocenters. The summed E-state index contributed by atoms with van der Waals surface area (Å²) >= 11 is 0. The molecule has 0 radical (unpaired) electrons. The van der Waals surface area contributed by atoms with Crippen molar-refractivity contribution in [3.63, 3.8) is 0 Å². The summed E-state index contributed by atoms with van der Waals surface area (Å²) in [6, 6.07) is 11.1. The third kappa shape index (κ3) is 2.89. The van der Waals surface area contributed by atoms with E-state index in [9.17, 15) is 4.39 Å². The summed E-state index contributed by atoms with van der Waals surface area (Å²) in [5.41, 5.74) is 3.26. The first-order valence-electron chi connectivity index (χ1n) is 7.57. The molecule has 120 valence electrons. The van der Waals surface area contributed by atoms with Gasteiger partial charge in [0.2, 0.25) is 0 Å². The average molecular weight is 322 g/mol.